The fourth-order valence-corrected chi connectivity index (χ4v) is 7.56. The molecule has 1 spiro atoms. The van der Waals surface area contributed by atoms with Gasteiger partial charge in [0.1, 0.15) is 17.8 Å². The summed E-state index contributed by atoms with van der Waals surface area (Å²) < 4.78 is 23.4. The van der Waals surface area contributed by atoms with Crippen LogP contribution >= 0.6 is 27.5 Å². The molecule has 2 amide bonds. The normalized spacial score (nSPS) is 23.0. The van der Waals surface area contributed by atoms with Crippen LogP contribution in [0.5, 0.6) is 0 Å². The first kappa shape index (κ1) is 27.8. The molecule has 1 aromatic carbocycles. The first-order valence-corrected chi connectivity index (χ1v) is 15.4. The molecule has 42 heavy (non-hydrogen) atoms. The van der Waals surface area contributed by atoms with Crippen LogP contribution in [0.15, 0.2) is 27.7 Å². The summed E-state index contributed by atoms with van der Waals surface area (Å²) >= 11 is 9.72. The SMILES string of the molecule is CC(C)(C)OC(=O)N1CCC2(CC1)c1c(n(CC(=O)Nc3ccc(C4(F)CC4)cc3Cl)c3nc(Br)nn3c1=O)[C@H]1C[C@H]12. The number of halogens is 3. The Kier molecular flexibility index (Phi) is 6.13. The Morgan fingerprint density at radius 1 is 1.21 bits per heavy atom. The predicted octanol–water partition coefficient (Wildman–Crippen LogP) is 5.29. The van der Waals surface area contributed by atoms with Gasteiger partial charge in [-0.15, -0.1) is 5.10 Å². The molecule has 0 bridgehead atoms. The standard InChI is InChI=1S/C29H31BrClFN6O4/c1-27(2,3)42-26(41)36-10-8-28(9-11-36)17-13-16(17)22-21(28)23(40)38-25(34-24(30)35-38)37(22)14-20(39)33-19-5-4-15(12-18(19)31)29(32)6-7-29/h4-5,12,16-17H,6-11,13-14H2,1-3H3,(H,33,39)/t16-,17+/m0/s1. The Bertz CT molecular complexity index is 1720. The van der Waals surface area contributed by atoms with Crippen molar-refractivity contribution < 1.29 is 18.7 Å². The molecule has 7 rings (SSSR count). The number of amides is 2. The summed E-state index contributed by atoms with van der Waals surface area (Å²) in [5.74, 6) is 0.305. The molecule has 3 aliphatic carbocycles. The van der Waals surface area contributed by atoms with Gasteiger partial charge in [0.25, 0.3) is 5.56 Å². The third-order valence-corrected chi connectivity index (χ3v) is 9.82. The summed E-state index contributed by atoms with van der Waals surface area (Å²) in [7, 11) is 0. The van der Waals surface area contributed by atoms with Crippen molar-refractivity contribution in [2.45, 2.75) is 82.0 Å². The molecule has 4 aliphatic rings. The lowest BCUT2D eigenvalue weighted by molar-refractivity contribution is -0.116. The van der Waals surface area contributed by atoms with Crippen LogP contribution in [-0.2, 0) is 27.2 Å². The molecule has 3 fully saturated rings. The molecule has 3 heterocycles. The van der Waals surface area contributed by atoms with Crippen molar-refractivity contribution in [3.05, 3.63) is 55.1 Å². The van der Waals surface area contributed by atoms with Gasteiger partial charge in [-0.3, -0.25) is 9.59 Å². The summed E-state index contributed by atoms with van der Waals surface area (Å²) in [6.45, 7) is 6.38. The number of hydrogen-bond donors (Lipinski definition) is 1. The van der Waals surface area contributed by atoms with Crippen LogP contribution in [0.3, 0.4) is 0 Å². The molecule has 2 saturated carbocycles. The minimum atomic E-state index is -1.32. The maximum atomic E-state index is 14.5. The van der Waals surface area contributed by atoms with Crippen LogP contribution in [0.1, 0.15) is 75.6 Å². The highest BCUT2D eigenvalue weighted by Gasteiger charge is 2.64. The average molecular weight is 662 g/mol. The van der Waals surface area contributed by atoms with Gasteiger partial charge in [0.15, 0.2) is 0 Å². The fourth-order valence-electron chi connectivity index (χ4n) is 7.01. The van der Waals surface area contributed by atoms with Gasteiger partial charge >= 0.3 is 6.09 Å². The summed E-state index contributed by atoms with van der Waals surface area (Å²) in [6.07, 6.45) is 2.75. The fraction of sp³-hybridized carbons (Fsp3) is 0.552. The number of anilines is 1. The zero-order chi connectivity index (χ0) is 29.8. The second-order valence-electron chi connectivity index (χ2n) is 13.0. The number of rotatable bonds is 4. The van der Waals surface area contributed by atoms with Gasteiger partial charge in [-0.2, -0.15) is 9.50 Å². The van der Waals surface area contributed by atoms with E-state index in [0.717, 1.165) is 12.1 Å². The molecule has 1 aliphatic heterocycles. The van der Waals surface area contributed by atoms with Crippen LogP contribution in [0.2, 0.25) is 5.02 Å². The van der Waals surface area contributed by atoms with E-state index in [1.165, 1.54) is 4.52 Å². The van der Waals surface area contributed by atoms with E-state index >= 15 is 0 Å². The lowest BCUT2D eigenvalue weighted by Crippen LogP contribution is -2.49. The Balaban J connectivity index is 1.20. The molecule has 1 N–H and O–H groups in total. The Morgan fingerprint density at radius 2 is 1.93 bits per heavy atom. The molecule has 10 nitrogen and oxygen atoms in total. The van der Waals surface area contributed by atoms with E-state index in [1.807, 2.05) is 20.8 Å². The molecular formula is C29H31BrClFN6O4. The number of alkyl halides is 1. The van der Waals surface area contributed by atoms with Crippen molar-refractivity contribution in [3.8, 4) is 0 Å². The summed E-state index contributed by atoms with van der Waals surface area (Å²) in [4.78, 5) is 46.3. The van der Waals surface area contributed by atoms with Gasteiger partial charge in [0.2, 0.25) is 16.4 Å². The maximum Gasteiger partial charge on any atom is 0.410 e. The maximum absolute atomic E-state index is 14.5. The van der Waals surface area contributed by atoms with E-state index in [9.17, 15) is 18.8 Å². The molecule has 13 heteroatoms. The van der Waals surface area contributed by atoms with Crippen LogP contribution in [0.25, 0.3) is 5.78 Å². The van der Waals surface area contributed by atoms with Gasteiger partial charge in [-0.1, -0.05) is 17.7 Å². The quantitative estimate of drug-likeness (QED) is 0.407. The third kappa shape index (κ3) is 4.44. The zero-order valence-electron chi connectivity index (χ0n) is 23.5. The molecular weight excluding hydrogens is 631 g/mol. The van der Waals surface area contributed by atoms with Crippen LogP contribution < -0.4 is 10.9 Å². The highest BCUT2D eigenvalue weighted by Crippen LogP contribution is 2.67. The number of likely N-dealkylation sites (tertiary alicyclic amines) is 1. The van der Waals surface area contributed by atoms with Crippen LogP contribution in [0.4, 0.5) is 14.9 Å². The monoisotopic (exact) mass is 660 g/mol. The number of nitrogens with one attached hydrogen (secondary N) is 1. The van der Waals surface area contributed by atoms with Gasteiger partial charge in [-0.25, -0.2) is 9.18 Å². The third-order valence-electron chi connectivity index (χ3n) is 9.17. The van der Waals surface area contributed by atoms with Gasteiger partial charge in [0, 0.05) is 35.7 Å². The largest absolute Gasteiger partial charge is 0.444 e. The smallest absolute Gasteiger partial charge is 0.410 e. The number of ether oxygens (including phenoxy) is 1. The average Bonchev–Trinajstić information content (AvgIpc) is 3.81. The summed E-state index contributed by atoms with van der Waals surface area (Å²) in [5, 5.41) is 7.43. The lowest BCUT2D eigenvalue weighted by Gasteiger charge is -2.41. The van der Waals surface area contributed by atoms with Crippen molar-refractivity contribution in [2.75, 3.05) is 18.4 Å². The summed E-state index contributed by atoms with van der Waals surface area (Å²) in [5.41, 5.74) is -0.153. The van der Waals surface area contributed by atoms with Gasteiger partial charge in [-0.05, 0) is 92.4 Å². The van der Waals surface area contributed by atoms with E-state index in [-0.39, 0.29) is 51.5 Å². The van der Waals surface area contributed by atoms with Crippen molar-refractivity contribution in [2.24, 2.45) is 5.92 Å². The number of fused-ring (bicyclic) bond motifs is 6. The van der Waals surface area contributed by atoms with E-state index in [2.05, 4.69) is 31.3 Å². The molecule has 2 aromatic heterocycles. The Morgan fingerprint density at radius 3 is 2.57 bits per heavy atom. The van der Waals surface area contributed by atoms with Gasteiger partial charge in [0.05, 0.1) is 10.7 Å². The van der Waals surface area contributed by atoms with E-state index in [1.54, 1.807) is 27.7 Å². The first-order chi connectivity index (χ1) is 19.8. The molecule has 3 aromatic rings. The van der Waals surface area contributed by atoms with Crippen molar-refractivity contribution in [3.63, 3.8) is 0 Å². The minimum absolute atomic E-state index is 0.105. The van der Waals surface area contributed by atoms with E-state index < -0.39 is 16.7 Å². The molecule has 2 atom stereocenters. The Hall–Kier alpha value is -2.99. The highest BCUT2D eigenvalue weighted by atomic mass is 79.9. The number of piperidine rings is 1. The van der Waals surface area contributed by atoms with E-state index in [0.29, 0.717) is 55.6 Å². The number of benzene rings is 1. The van der Waals surface area contributed by atoms with Gasteiger partial charge < -0.3 is 19.5 Å². The lowest BCUT2D eigenvalue weighted by atomic mass is 9.71. The number of hydrogen-bond acceptors (Lipinski definition) is 6. The number of carbonyl (C=O) groups is 2. The molecule has 1 saturated heterocycles. The topological polar surface area (TPSA) is 111 Å². The number of nitrogens with zero attached hydrogens (tertiary/aromatic N) is 5. The number of aromatic nitrogens is 4. The van der Waals surface area contributed by atoms with Crippen LogP contribution in [0, 0.1) is 5.92 Å². The minimum Gasteiger partial charge on any atom is -0.444 e. The van der Waals surface area contributed by atoms with Crippen molar-refractivity contribution >= 4 is 51.0 Å². The zero-order valence-corrected chi connectivity index (χ0v) is 25.9. The Labute approximate surface area is 254 Å². The molecule has 222 valence electrons. The first-order valence-electron chi connectivity index (χ1n) is 14.3. The second-order valence-corrected chi connectivity index (χ2v) is 14.1. The van der Waals surface area contributed by atoms with Crippen molar-refractivity contribution in [1.29, 1.82) is 0 Å². The predicted molar refractivity (Wildman–Crippen MR) is 157 cm³/mol. The highest BCUT2D eigenvalue weighted by molar-refractivity contribution is 9.10. The second kappa shape index (κ2) is 9.25. The number of carbonyl (C=O) groups excluding carboxylic acids is 2. The molecule has 0 radical (unpaired) electrons. The van der Waals surface area contributed by atoms with Crippen LogP contribution in [-0.4, -0.2) is 54.8 Å². The van der Waals surface area contributed by atoms with E-state index in [4.69, 9.17) is 16.3 Å². The van der Waals surface area contributed by atoms with Crippen molar-refractivity contribution in [1.82, 2.24) is 24.1 Å². The molecule has 0 unspecified atom stereocenters. The summed E-state index contributed by atoms with van der Waals surface area (Å²) in [6, 6.07) is 4.84.